The molecule has 1 aromatic carbocycles. The Hall–Kier alpha value is -1.84. The van der Waals surface area contributed by atoms with Crippen molar-refractivity contribution in [1.29, 1.82) is 0 Å². The molecule has 0 radical (unpaired) electrons. The summed E-state index contributed by atoms with van der Waals surface area (Å²) in [5.41, 5.74) is 8.63. The molecule has 4 heteroatoms. The summed E-state index contributed by atoms with van der Waals surface area (Å²) < 4.78 is 5.45. The van der Waals surface area contributed by atoms with Crippen LogP contribution < -0.4 is 5.73 Å². The van der Waals surface area contributed by atoms with E-state index in [1.807, 2.05) is 25.1 Å². The quantitative estimate of drug-likeness (QED) is 0.841. The summed E-state index contributed by atoms with van der Waals surface area (Å²) >= 11 is 0. The van der Waals surface area contributed by atoms with Crippen molar-refractivity contribution in [3.05, 3.63) is 29.6 Å². The molecule has 0 atom stereocenters. The van der Waals surface area contributed by atoms with E-state index in [0.717, 1.165) is 41.4 Å². The molecule has 1 aromatic heterocycles. The van der Waals surface area contributed by atoms with Crippen molar-refractivity contribution >= 4 is 5.69 Å². The van der Waals surface area contributed by atoms with E-state index in [2.05, 4.69) is 17.1 Å². The van der Waals surface area contributed by atoms with Crippen LogP contribution >= 0.6 is 0 Å². The fourth-order valence-electron chi connectivity index (χ4n) is 2.91. The number of rotatable bonds is 2. The minimum absolute atomic E-state index is 0.449. The lowest BCUT2D eigenvalue weighted by atomic mass is 9.83. The van der Waals surface area contributed by atoms with Gasteiger partial charge in [-0.05, 0) is 43.4 Å². The van der Waals surface area contributed by atoms with Gasteiger partial charge in [0, 0.05) is 17.2 Å². The molecule has 2 N–H and O–H groups in total. The number of benzene rings is 1. The minimum Gasteiger partial charge on any atom is -0.398 e. The Bertz CT molecular complexity index is 598. The van der Waals surface area contributed by atoms with Gasteiger partial charge in [0.05, 0.1) is 0 Å². The van der Waals surface area contributed by atoms with Gasteiger partial charge >= 0.3 is 0 Å². The maximum absolute atomic E-state index is 5.93. The second-order valence-corrected chi connectivity index (χ2v) is 5.93. The minimum atomic E-state index is 0.449. The van der Waals surface area contributed by atoms with Gasteiger partial charge in [0.15, 0.2) is 5.82 Å². The lowest BCUT2D eigenvalue weighted by Crippen LogP contribution is -2.11. The number of nitrogens with two attached hydrogens (primary N) is 1. The molecule has 0 spiro atoms. The van der Waals surface area contributed by atoms with E-state index in [4.69, 9.17) is 10.3 Å². The highest BCUT2D eigenvalue weighted by Crippen LogP contribution is 2.35. The zero-order valence-electron chi connectivity index (χ0n) is 12.1. The van der Waals surface area contributed by atoms with Crippen LogP contribution in [0.2, 0.25) is 0 Å². The first-order valence-corrected chi connectivity index (χ1v) is 7.34. The van der Waals surface area contributed by atoms with Gasteiger partial charge < -0.3 is 10.3 Å². The van der Waals surface area contributed by atoms with Gasteiger partial charge in [0.1, 0.15) is 0 Å². The van der Waals surface area contributed by atoms with Crippen molar-refractivity contribution in [2.24, 2.45) is 5.92 Å². The van der Waals surface area contributed by atoms with E-state index in [-0.39, 0.29) is 0 Å². The Morgan fingerprint density at radius 2 is 1.95 bits per heavy atom. The SMILES string of the molecule is Cc1c(N)cccc1-c1nc(C2CCC(C)CC2)no1. The summed E-state index contributed by atoms with van der Waals surface area (Å²) in [5.74, 6) is 2.72. The number of nitrogen functional groups attached to an aromatic ring is 1. The first-order valence-electron chi connectivity index (χ1n) is 7.34. The highest BCUT2D eigenvalue weighted by molar-refractivity contribution is 5.66. The van der Waals surface area contributed by atoms with Crippen molar-refractivity contribution < 1.29 is 4.52 Å². The highest BCUT2D eigenvalue weighted by Gasteiger charge is 2.24. The van der Waals surface area contributed by atoms with Gasteiger partial charge in [0.2, 0.25) is 0 Å². The predicted octanol–water partition coefficient (Wildman–Crippen LogP) is 3.92. The van der Waals surface area contributed by atoms with Crippen molar-refractivity contribution in [2.45, 2.75) is 45.4 Å². The summed E-state index contributed by atoms with van der Waals surface area (Å²) in [4.78, 5) is 4.60. The van der Waals surface area contributed by atoms with Gasteiger partial charge in [-0.3, -0.25) is 0 Å². The van der Waals surface area contributed by atoms with Gasteiger partial charge in [-0.15, -0.1) is 0 Å². The topological polar surface area (TPSA) is 64.9 Å². The number of nitrogens with zero attached hydrogens (tertiary/aromatic N) is 2. The number of aromatic nitrogens is 2. The maximum Gasteiger partial charge on any atom is 0.258 e. The standard InChI is InChI=1S/C16H21N3O/c1-10-6-8-12(9-7-10)15-18-16(20-19-15)13-4-3-5-14(17)11(13)2/h3-5,10,12H,6-9,17H2,1-2H3. The maximum atomic E-state index is 5.93. The van der Waals surface area contributed by atoms with Gasteiger partial charge in [-0.1, -0.05) is 31.0 Å². The molecule has 3 rings (SSSR count). The van der Waals surface area contributed by atoms with Crippen LogP contribution in [-0.2, 0) is 0 Å². The molecular weight excluding hydrogens is 250 g/mol. The first kappa shape index (κ1) is 13.2. The fourth-order valence-corrected chi connectivity index (χ4v) is 2.91. The van der Waals surface area contributed by atoms with Crippen LogP contribution in [0.4, 0.5) is 5.69 Å². The third-order valence-electron chi connectivity index (χ3n) is 4.43. The van der Waals surface area contributed by atoms with Crippen LogP contribution in [-0.4, -0.2) is 10.1 Å². The van der Waals surface area contributed by atoms with E-state index >= 15 is 0 Å². The second-order valence-electron chi connectivity index (χ2n) is 5.93. The van der Waals surface area contributed by atoms with Crippen LogP contribution in [0.5, 0.6) is 0 Å². The van der Waals surface area contributed by atoms with Crippen LogP contribution in [0.25, 0.3) is 11.5 Å². The summed E-state index contributed by atoms with van der Waals surface area (Å²) in [7, 11) is 0. The molecule has 1 aliphatic rings. The van der Waals surface area contributed by atoms with E-state index in [1.165, 1.54) is 12.8 Å². The lowest BCUT2D eigenvalue weighted by Gasteiger charge is -2.23. The predicted molar refractivity (Wildman–Crippen MR) is 79.3 cm³/mol. The third kappa shape index (κ3) is 2.42. The Kier molecular flexibility index (Phi) is 3.47. The first-order chi connectivity index (χ1) is 9.65. The molecular formula is C16H21N3O. The Morgan fingerprint density at radius 1 is 1.20 bits per heavy atom. The molecule has 106 valence electrons. The van der Waals surface area contributed by atoms with Crippen molar-refractivity contribution in [3.63, 3.8) is 0 Å². The average molecular weight is 271 g/mol. The molecule has 2 aromatic rings. The lowest BCUT2D eigenvalue weighted by molar-refractivity contribution is 0.329. The van der Waals surface area contributed by atoms with Crippen LogP contribution in [0.3, 0.4) is 0 Å². The Morgan fingerprint density at radius 3 is 2.70 bits per heavy atom. The fraction of sp³-hybridized carbons (Fsp3) is 0.500. The molecule has 1 saturated carbocycles. The summed E-state index contributed by atoms with van der Waals surface area (Å²) in [6.45, 7) is 4.30. The zero-order valence-corrected chi connectivity index (χ0v) is 12.1. The van der Waals surface area contributed by atoms with Crippen LogP contribution in [0.15, 0.2) is 22.7 Å². The molecule has 0 aliphatic heterocycles. The van der Waals surface area contributed by atoms with Crippen molar-refractivity contribution in [3.8, 4) is 11.5 Å². The Balaban J connectivity index is 1.85. The van der Waals surface area contributed by atoms with E-state index in [9.17, 15) is 0 Å². The normalized spacial score (nSPS) is 22.9. The molecule has 4 nitrogen and oxygen atoms in total. The van der Waals surface area contributed by atoms with Gasteiger partial charge in [-0.25, -0.2) is 0 Å². The van der Waals surface area contributed by atoms with E-state index in [0.29, 0.717) is 11.8 Å². The number of anilines is 1. The third-order valence-corrected chi connectivity index (χ3v) is 4.43. The zero-order chi connectivity index (χ0) is 14.1. The summed E-state index contributed by atoms with van der Waals surface area (Å²) in [6.07, 6.45) is 4.84. The molecule has 1 heterocycles. The van der Waals surface area contributed by atoms with E-state index < -0.39 is 0 Å². The number of hydrogen-bond acceptors (Lipinski definition) is 4. The molecule has 0 saturated heterocycles. The summed E-state index contributed by atoms with van der Waals surface area (Å²) in [6, 6.07) is 5.79. The number of hydrogen-bond donors (Lipinski definition) is 1. The van der Waals surface area contributed by atoms with Crippen molar-refractivity contribution in [2.75, 3.05) is 5.73 Å². The molecule has 1 aliphatic carbocycles. The second kappa shape index (κ2) is 5.27. The molecule has 0 unspecified atom stereocenters. The van der Waals surface area contributed by atoms with Crippen molar-refractivity contribution in [1.82, 2.24) is 10.1 Å². The van der Waals surface area contributed by atoms with E-state index in [1.54, 1.807) is 0 Å². The van der Waals surface area contributed by atoms with Gasteiger partial charge in [-0.2, -0.15) is 4.98 Å². The smallest absolute Gasteiger partial charge is 0.258 e. The molecule has 0 amide bonds. The Labute approximate surface area is 119 Å². The monoisotopic (exact) mass is 271 g/mol. The highest BCUT2D eigenvalue weighted by atomic mass is 16.5. The molecule has 20 heavy (non-hydrogen) atoms. The van der Waals surface area contributed by atoms with Crippen LogP contribution in [0.1, 0.15) is 49.9 Å². The van der Waals surface area contributed by atoms with Gasteiger partial charge in [0.25, 0.3) is 5.89 Å². The van der Waals surface area contributed by atoms with Crippen LogP contribution in [0, 0.1) is 12.8 Å². The largest absolute Gasteiger partial charge is 0.398 e. The molecule has 1 fully saturated rings. The average Bonchev–Trinajstić information content (AvgIpc) is 2.92. The molecule has 0 bridgehead atoms. The summed E-state index contributed by atoms with van der Waals surface area (Å²) in [5, 5.41) is 4.19.